The summed E-state index contributed by atoms with van der Waals surface area (Å²) in [6.07, 6.45) is 2.58. The van der Waals surface area contributed by atoms with Gasteiger partial charge in [0.1, 0.15) is 0 Å². The van der Waals surface area contributed by atoms with Gasteiger partial charge in [-0.3, -0.25) is 4.79 Å². The van der Waals surface area contributed by atoms with Crippen LogP contribution in [-0.2, 0) is 4.79 Å². The zero-order valence-electron chi connectivity index (χ0n) is 8.49. The Bertz CT molecular complexity index is 326. The van der Waals surface area contributed by atoms with Crippen LogP contribution in [0.25, 0.3) is 0 Å². The van der Waals surface area contributed by atoms with Gasteiger partial charge in [0.2, 0.25) is 5.91 Å². The van der Waals surface area contributed by atoms with Crippen molar-refractivity contribution in [2.45, 2.75) is 25.4 Å². The lowest BCUT2D eigenvalue weighted by atomic mass is 10.1. The Morgan fingerprint density at radius 3 is 2.80 bits per heavy atom. The van der Waals surface area contributed by atoms with Crippen molar-refractivity contribution in [2.75, 3.05) is 5.43 Å². The molecule has 1 amide bonds. The topological polar surface area (TPSA) is 53.2 Å². The molecule has 1 aromatic rings. The summed E-state index contributed by atoms with van der Waals surface area (Å²) in [5, 5.41) is 2.87. The maximum atomic E-state index is 11.1. The van der Waals surface area contributed by atoms with Crippen LogP contribution in [0.2, 0.25) is 0 Å². The molecule has 0 aliphatic carbocycles. The maximum Gasteiger partial charge on any atom is 0.221 e. The molecule has 1 aromatic carbocycles. The molecular formula is C11H15N3O. The number of hydrogen-bond donors (Lipinski definition) is 3. The van der Waals surface area contributed by atoms with Gasteiger partial charge in [-0.1, -0.05) is 18.2 Å². The van der Waals surface area contributed by atoms with E-state index in [-0.39, 0.29) is 12.1 Å². The zero-order valence-corrected chi connectivity index (χ0v) is 8.49. The minimum atomic E-state index is 0.0338. The monoisotopic (exact) mass is 205 g/mol. The first-order chi connectivity index (χ1) is 7.34. The molecule has 1 heterocycles. The van der Waals surface area contributed by atoms with E-state index in [4.69, 9.17) is 0 Å². The molecule has 1 aliphatic heterocycles. The van der Waals surface area contributed by atoms with Crippen molar-refractivity contribution in [3.05, 3.63) is 30.3 Å². The summed E-state index contributed by atoms with van der Waals surface area (Å²) >= 11 is 0. The van der Waals surface area contributed by atoms with Crippen molar-refractivity contribution in [1.29, 1.82) is 0 Å². The number of anilines is 1. The lowest BCUT2D eigenvalue weighted by Gasteiger charge is -2.24. The Kier molecular flexibility index (Phi) is 3.19. The molecule has 0 spiro atoms. The van der Waals surface area contributed by atoms with Gasteiger partial charge in [-0.2, -0.15) is 0 Å². The Hall–Kier alpha value is -1.55. The van der Waals surface area contributed by atoms with Crippen LogP contribution in [0.5, 0.6) is 0 Å². The first-order valence-corrected chi connectivity index (χ1v) is 5.20. The molecular weight excluding hydrogens is 190 g/mol. The number of hydrazine groups is 1. The van der Waals surface area contributed by atoms with Crippen LogP contribution in [0, 0.1) is 0 Å². The lowest BCUT2D eigenvalue weighted by Crippen LogP contribution is -2.50. The zero-order chi connectivity index (χ0) is 10.5. The van der Waals surface area contributed by atoms with Crippen LogP contribution in [0.4, 0.5) is 5.69 Å². The Morgan fingerprint density at radius 1 is 1.27 bits per heavy atom. The number of benzene rings is 1. The van der Waals surface area contributed by atoms with E-state index < -0.39 is 0 Å². The van der Waals surface area contributed by atoms with Gasteiger partial charge in [0.25, 0.3) is 0 Å². The summed E-state index contributed by atoms with van der Waals surface area (Å²) in [4.78, 5) is 11.1. The fraction of sp³-hybridized carbons (Fsp3) is 0.364. The first kappa shape index (κ1) is 9.98. The van der Waals surface area contributed by atoms with Crippen molar-refractivity contribution >= 4 is 11.6 Å². The molecule has 0 bridgehead atoms. The molecule has 4 nitrogen and oxygen atoms in total. The Balaban J connectivity index is 1.80. The number of para-hydroxylation sites is 1. The van der Waals surface area contributed by atoms with E-state index in [2.05, 4.69) is 16.2 Å². The second-order valence-corrected chi connectivity index (χ2v) is 3.65. The third-order valence-corrected chi connectivity index (χ3v) is 2.40. The Morgan fingerprint density at radius 2 is 2.07 bits per heavy atom. The number of nitrogens with one attached hydrogen (secondary N) is 3. The molecule has 4 heteroatoms. The maximum absolute atomic E-state index is 11.1. The summed E-state index contributed by atoms with van der Waals surface area (Å²) in [6.45, 7) is 0. The van der Waals surface area contributed by atoms with E-state index in [9.17, 15) is 4.79 Å². The van der Waals surface area contributed by atoms with Crippen LogP contribution in [0.15, 0.2) is 30.3 Å². The van der Waals surface area contributed by atoms with Gasteiger partial charge in [-0.15, -0.1) is 0 Å². The smallest absolute Gasteiger partial charge is 0.221 e. The molecule has 1 unspecified atom stereocenters. The third kappa shape index (κ3) is 2.95. The van der Waals surface area contributed by atoms with Crippen LogP contribution in [0.1, 0.15) is 19.3 Å². The van der Waals surface area contributed by atoms with E-state index >= 15 is 0 Å². The minimum absolute atomic E-state index is 0.0338. The van der Waals surface area contributed by atoms with Gasteiger partial charge >= 0.3 is 0 Å². The molecule has 0 saturated carbocycles. The SMILES string of the molecule is O=C1CCCC(NNc2ccccc2)N1. The number of carbonyl (C=O) groups excluding carboxylic acids is 1. The average Bonchev–Trinajstić information content (AvgIpc) is 2.28. The van der Waals surface area contributed by atoms with Crippen LogP contribution in [-0.4, -0.2) is 12.1 Å². The van der Waals surface area contributed by atoms with Crippen molar-refractivity contribution in [3.8, 4) is 0 Å². The van der Waals surface area contributed by atoms with E-state index in [1.165, 1.54) is 0 Å². The van der Waals surface area contributed by atoms with E-state index in [0.29, 0.717) is 6.42 Å². The highest BCUT2D eigenvalue weighted by Crippen LogP contribution is 2.07. The van der Waals surface area contributed by atoms with Crippen molar-refractivity contribution < 1.29 is 4.79 Å². The first-order valence-electron chi connectivity index (χ1n) is 5.20. The van der Waals surface area contributed by atoms with Gasteiger partial charge < -0.3 is 10.7 Å². The van der Waals surface area contributed by atoms with Gasteiger partial charge in [-0.25, -0.2) is 5.43 Å². The second kappa shape index (κ2) is 4.79. The highest BCUT2D eigenvalue weighted by Gasteiger charge is 2.16. The number of amides is 1. The summed E-state index contributed by atoms with van der Waals surface area (Å²) in [6, 6.07) is 9.83. The molecule has 0 radical (unpaired) electrons. The molecule has 1 fully saturated rings. The number of rotatable bonds is 3. The lowest BCUT2D eigenvalue weighted by molar-refractivity contribution is -0.123. The van der Waals surface area contributed by atoms with Crippen molar-refractivity contribution in [3.63, 3.8) is 0 Å². The summed E-state index contributed by atoms with van der Waals surface area (Å²) in [5.74, 6) is 0.119. The standard InChI is InChI=1S/C11H15N3O/c15-11-8-4-7-10(12-11)14-13-9-5-2-1-3-6-9/h1-3,5-6,10,13-14H,4,7-8H2,(H,12,15). The quantitative estimate of drug-likeness (QED) is 0.650. The number of piperidine rings is 1. The molecule has 1 aliphatic rings. The fourth-order valence-electron chi connectivity index (χ4n) is 1.61. The average molecular weight is 205 g/mol. The Labute approximate surface area is 89.0 Å². The van der Waals surface area contributed by atoms with Crippen molar-refractivity contribution in [1.82, 2.24) is 10.7 Å². The number of carbonyl (C=O) groups is 1. The van der Waals surface area contributed by atoms with Crippen LogP contribution in [0.3, 0.4) is 0 Å². The summed E-state index contributed by atoms with van der Waals surface area (Å²) < 4.78 is 0. The summed E-state index contributed by atoms with van der Waals surface area (Å²) in [7, 11) is 0. The second-order valence-electron chi connectivity index (χ2n) is 3.65. The van der Waals surface area contributed by atoms with Gasteiger partial charge in [0.15, 0.2) is 0 Å². The van der Waals surface area contributed by atoms with Gasteiger partial charge in [0.05, 0.1) is 6.17 Å². The van der Waals surface area contributed by atoms with Crippen LogP contribution >= 0.6 is 0 Å². The van der Waals surface area contributed by atoms with E-state index in [1.807, 2.05) is 30.3 Å². The molecule has 0 aromatic heterocycles. The molecule has 1 atom stereocenters. The van der Waals surface area contributed by atoms with Crippen LogP contribution < -0.4 is 16.2 Å². The minimum Gasteiger partial charge on any atom is -0.339 e. The van der Waals surface area contributed by atoms with E-state index in [0.717, 1.165) is 18.5 Å². The van der Waals surface area contributed by atoms with Crippen molar-refractivity contribution in [2.24, 2.45) is 0 Å². The fourth-order valence-corrected chi connectivity index (χ4v) is 1.61. The molecule has 80 valence electrons. The van der Waals surface area contributed by atoms with E-state index in [1.54, 1.807) is 0 Å². The number of hydrogen-bond acceptors (Lipinski definition) is 3. The predicted molar refractivity (Wildman–Crippen MR) is 59.0 cm³/mol. The molecule has 15 heavy (non-hydrogen) atoms. The largest absolute Gasteiger partial charge is 0.339 e. The van der Waals surface area contributed by atoms with Gasteiger partial charge in [0, 0.05) is 12.1 Å². The highest BCUT2D eigenvalue weighted by molar-refractivity contribution is 5.76. The molecule has 1 saturated heterocycles. The van der Waals surface area contributed by atoms with Gasteiger partial charge in [-0.05, 0) is 25.0 Å². The summed E-state index contributed by atoms with van der Waals surface area (Å²) in [5.41, 5.74) is 7.15. The molecule has 3 N–H and O–H groups in total. The highest BCUT2D eigenvalue weighted by atomic mass is 16.1. The third-order valence-electron chi connectivity index (χ3n) is 2.40. The predicted octanol–water partition coefficient (Wildman–Crippen LogP) is 1.23. The molecule has 2 rings (SSSR count). The normalized spacial score (nSPS) is 20.8.